The number of benzene rings is 2. The summed E-state index contributed by atoms with van der Waals surface area (Å²) in [5.41, 5.74) is 12.0. The standard InChI is InChI=1S/C32H40N6O3S/c1-20-28(42-19-36-20)23-11-9-21(10-12-23)16-35-30(40)27-15-25(39)17-37(27)31(41)29(38(34)18-26(33)22-13-14-22)32(2,3)24-7-5-4-6-8-24/h4-12,18-19,22,25,27,29,39H,13-17,33-34H2,1-3H3,(H,35,40)/b26-18-. The third-order valence-corrected chi connectivity index (χ3v) is 9.35. The van der Waals surface area contributed by atoms with Crippen molar-refractivity contribution in [3.63, 3.8) is 0 Å². The van der Waals surface area contributed by atoms with E-state index in [4.69, 9.17) is 11.6 Å². The number of nitrogens with one attached hydrogen (secondary N) is 1. The summed E-state index contributed by atoms with van der Waals surface area (Å²) in [6.45, 7) is 6.27. The minimum absolute atomic E-state index is 0.0524. The van der Waals surface area contributed by atoms with E-state index in [0.29, 0.717) is 12.2 Å². The lowest BCUT2D eigenvalue weighted by molar-refractivity contribution is -0.144. The molecule has 0 bridgehead atoms. The molecule has 0 radical (unpaired) electrons. The predicted octanol–water partition coefficient (Wildman–Crippen LogP) is 3.43. The van der Waals surface area contributed by atoms with Crippen LogP contribution < -0.4 is 16.9 Å². The number of hydrogen-bond acceptors (Lipinski definition) is 8. The number of allylic oxidation sites excluding steroid dienone is 1. The number of rotatable bonds is 10. The van der Waals surface area contributed by atoms with Gasteiger partial charge in [0.15, 0.2) is 0 Å². The minimum atomic E-state index is -0.861. The second-order valence-corrected chi connectivity index (χ2v) is 12.8. The van der Waals surface area contributed by atoms with Gasteiger partial charge in [0.05, 0.1) is 22.2 Å². The summed E-state index contributed by atoms with van der Waals surface area (Å²) in [6.07, 6.45) is 3.01. The van der Waals surface area contributed by atoms with Gasteiger partial charge in [-0.25, -0.2) is 10.8 Å². The highest BCUT2D eigenvalue weighted by Gasteiger charge is 2.47. The molecule has 6 N–H and O–H groups in total. The molecule has 2 aromatic carbocycles. The second kappa shape index (κ2) is 12.2. The van der Waals surface area contributed by atoms with Gasteiger partial charge in [0.2, 0.25) is 11.8 Å². The number of aliphatic hydroxyl groups excluding tert-OH is 1. The number of likely N-dealkylation sites (tertiary alicyclic amines) is 1. The number of hydrazine groups is 1. The number of aryl methyl sites for hydroxylation is 1. The molecular formula is C32H40N6O3S. The highest BCUT2D eigenvalue weighted by Crippen LogP contribution is 2.36. The lowest BCUT2D eigenvalue weighted by Gasteiger charge is -2.41. The topological polar surface area (TPSA) is 138 Å². The molecule has 2 amide bonds. The van der Waals surface area contributed by atoms with Gasteiger partial charge in [-0.1, -0.05) is 68.4 Å². The largest absolute Gasteiger partial charge is 0.401 e. The Morgan fingerprint density at radius 2 is 1.88 bits per heavy atom. The molecule has 3 atom stereocenters. The number of aromatic nitrogens is 1. The highest BCUT2D eigenvalue weighted by atomic mass is 32.1. The molecule has 2 aliphatic rings. The average molecular weight is 589 g/mol. The van der Waals surface area contributed by atoms with Gasteiger partial charge >= 0.3 is 0 Å². The van der Waals surface area contributed by atoms with Crippen LogP contribution in [0.15, 0.2) is 72.0 Å². The van der Waals surface area contributed by atoms with E-state index >= 15 is 0 Å². The summed E-state index contributed by atoms with van der Waals surface area (Å²) in [5, 5.41) is 15.0. The molecule has 1 aliphatic carbocycles. The quantitative estimate of drug-likeness (QED) is 0.210. The first-order valence-corrected chi connectivity index (χ1v) is 15.3. The maximum atomic E-state index is 14.3. The maximum Gasteiger partial charge on any atom is 0.248 e. The maximum absolute atomic E-state index is 14.3. The minimum Gasteiger partial charge on any atom is -0.401 e. The Morgan fingerprint density at radius 3 is 2.50 bits per heavy atom. The van der Waals surface area contributed by atoms with E-state index in [1.165, 1.54) is 9.91 Å². The van der Waals surface area contributed by atoms with Gasteiger partial charge in [0.25, 0.3) is 0 Å². The van der Waals surface area contributed by atoms with Crippen molar-refractivity contribution in [2.45, 2.75) is 70.2 Å². The van der Waals surface area contributed by atoms with Gasteiger partial charge in [0.1, 0.15) is 12.1 Å². The molecule has 3 unspecified atom stereocenters. The normalized spacial score (nSPS) is 19.9. The summed E-state index contributed by atoms with van der Waals surface area (Å²) in [5.74, 6) is 6.23. The number of nitrogens with two attached hydrogens (primary N) is 2. The van der Waals surface area contributed by atoms with Crippen LogP contribution in [0.1, 0.15) is 49.9 Å². The van der Waals surface area contributed by atoms with E-state index in [-0.39, 0.29) is 30.7 Å². The Bertz CT molecular complexity index is 1430. The molecule has 0 spiro atoms. The Morgan fingerprint density at radius 1 is 1.19 bits per heavy atom. The third kappa shape index (κ3) is 6.35. The van der Waals surface area contributed by atoms with Crippen LogP contribution in [0.5, 0.6) is 0 Å². The van der Waals surface area contributed by atoms with Crippen molar-refractivity contribution in [3.05, 3.63) is 88.8 Å². The fourth-order valence-electron chi connectivity index (χ4n) is 5.73. The molecule has 1 aliphatic heterocycles. The van der Waals surface area contributed by atoms with Crippen molar-refractivity contribution in [3.8, 4) is 10.4 Å². The Balaban J connectivity index is 1.34. The molecule has 10 heteroatoms. The van der Waals surface area contributed by atoms with Crippen LogP contribution in [0.4, 0.5) is 0 Å². The predicted molar refractivity (Wildman–Crippen MR) is 165 cm³/mol. The van der Waals surface area contributed by atoms with Crippen molar-refractivity contribution in [2.75, 3.05) is 6.54 Å². The van der Waals surface area contributed by atoms with Crippen molar-refractivity contribution in [2.24, 2.45) is 17.5 Å². The van der Waals surface area contributed by atoms with Gasteiger partial charge in [-0.15, -0.1) is 11.3 Å². The van der Waals surface area contributed by atoms with Gasteiger partial charge in [-0.2, -0.15) is 0 Å². The Hall–Kier alpha value is -3.73. The van der Waals surface area contributed by atoms with Crippen LogP contribution in [0.25, 0.3) is 10.4 Å². The number of amides is 2. The highest BCUT2D eigenvalue weighted by molar-refractivity contribution is 7.13. The SMILES string of the molecule is Cc1ncsc1-c1ccc(CNC(=O)C2CC(O)CN2C(=O)C(N(N)/C=C(\N)C2CC2)C(C)(C)c2ccccc2)cc1. The van der Waals surface area contributed by atoms with Crippen molar-refractivity contribution >= 4 is 23.2 Å². The summed E-state index contributed by atoms with van der Waals surface area (Å²) in [6, 6.07) is 16.0. The van der Waals surface area contributed by atoms with Gasteiger partial charge in [0, 0.05) is 42.7 Å². The number of β-amino-alcohol motifs (C(OH)–C–C–N with tert-alkyl or cyclic N) is 1. The monoisotopic (exact) mass is 588 g/mol. The van der Waals surface area contributed by atoms with E-state index in [9.17, 15) is 14.7 Å². The van der Waals surface area contributed by atoms with E-state index < -0.39 is 23.6 Å². The Labute approximate surface area is 251 Å². The van der Waals surface area contributed by atoms with Crippen molar-refractivity contribution in [1.29, 1.82) is 0 Å². The summed E-state index contributed by atoms with van der Waals surface area (Å²) < 4.78 is 0. The second-order valence-electron chi connectivity index (χ2n) is 11.9. The third-order valence-electron chi connectivity index (χ3n) is 8.37. The first kappa shape index (κ1) is 29.8. The molecule has 5 rings (SSSR count). The van der Waals surface area contributed by atoms with E-state index in [0.717, 1.165) is 40.1 Å². The first-order valence-electron chi connectivity index (χ1n) is 14.4. The number of carbonyl (C=O) groups excluding carboxylic acids is 2. The van der Waals surface area contributed by atoms with Crippen LogP contribution in [-0.4, -0.2) is 56.5 Å². The summed E-state index contributed by atoms with van der Waals surface area (Å²) >= 11 is 1.59. The lowest BCUT2D eigenvalue weighted by atomic mass is 9.76. The van der Waals surface area contributed by atoms with Crippen LogP contribution in [0.3, 0.4) is 0 Å². The number of hydrogen-bond donors (Lipinski definition) is 4. The zero-order valence-corrected chi connectivity index (χ0v) is 25.2. The number of thiazole rings is 1. The zero-order chi connectivity index (χ0) is 30.0. The molecule has 1 aromatic heterocycles. The van der Waals surface area contributed by atoms with E-state index in [1.807, 2.05) is 80.9 Å². The average Bonchev–Trinajstić information content (AvgIpc) is 3.63. The molecule has 2 fully saturated rings. The van der Waals surface area contributed by atoms with Crippen LogP contribution >= 0.6 is 11.3 Å². The first-order chi connectivity index (χ1) is 20.1. The van der Waals surface area contributed by atoms with Gasteiger partial charge in [-0.05, 0) is 36.5 Å². The smallest absolute Gasteiger partial charge is 0.248 e. The summed E-state index contributed by atoms with van der Waals surface area (Å²) in [4.78, 5) is 34.7. The van der Waals surface area contributed by atoms with E-state index in [1.54, 1.807) is 17.5 Å². The fourth-order valence-corrected chi connectivity index (χ4v) is 6.54. The van der Waals surface area contributed by atoms with Crippen LogP contribution in [0, 0.1) is 12.8 Å². The Kier molecular flexibility index (Phi) is 8.68. The van der Waals surface area contributed by atoms with Gasteiger partial charge in [-0.3, -0.25) is 9.59 Å². The van der Waals surface area contributed by atoms with Crippen molar-refractivity contribution in [1.82, 2.24) is 20.2 Å². The summed E-state index contributed by atoms with van der Waals surface area (Å²) in [7, 11) is 0. The molecule has 3 aromatic rings. The molecule has 1 saturated heterocycles. The van der Waals surface area contributed by atoms with E-state index in [2.05, 4.69) is 10.3 Å². The number of nitrogens with zero attached hydrogens (tertiary/aromatic N) is 3. The van der Waals surface area contributed by atoms with Crippen LogP contribution in [0.2, 0.25) is 0 Å². The molecule has 2 heterocycles. The lowest BCUT2D eigenvalue weighted by Crippen LogP contribution is -2.60. The number of carbonyl (C=O) groups is 2. The van der Waals surface area contributed by atoms with Crippen molar-refractivity contribution < 1.29 is 14.7 Å². The van der Waals surface area contributed by atoms with Crippen LogP contribution in [-0.2, 0) is 21.5 Å². The van der Waals surface area contributed by atoms with Gasteiger partial charge < -0.3 is 26.1 Å². The number of aliphatic hydroxyl groups is 1. The molecule has 42 heavy (non-hydrogen) atoms. The zero-order valence-electron chi connectivity index (χ0n) is 24.4. The molecule has 222 valence electrons. The fraction of sp³-hybridized carbons (Fsp3) is 0.406. The molecule has 9 nitrogen and oxygen atoms in total. The molecule has 1 saturated carbocycles. The molecular weight excluding hydrogens is 548 g/mol.